The van der Waals surface area contributed by atoms with Crippen molar-refractivity contribution in [3.63, 3.8) is 0 Å². The Bertz CT molecular complexity index is 1180. The molecule has 0 radical (unpaired) electrons. The van der Waals surface area contributed by atoms with Crippen molar-refractivity contribution in [1.29, 1.82) is 0 Å². The Morgan fingerprint density at radius 3 is 2.19 bits per heavy atom. The number of nitrogens with two attached hydrogens (primary N) is 2. The summed E-state index contributed by atoms with van der Waals surface area (Å²) in [6.07, 6.45) is 0.418. The van der Waals surface area contributed by atoms with Crippen LogP contribution >= 0.6 is 0 Å². The monoisotopic (exact) mass is 518 g/mol. The zero-order valence-corrected chi connectivity index (χ0v) is 20.0. The van der Waals surface area contributed by atoms with E-state index in [2.05, 4.69) is 20.9 Å². The molecule has 2 aromatic rings. The minimum atomic E-state index is -1.65. The summed E-state index contributed by atoms with van der Waals surface area (Å²) >= 11 is 0. The van der Waals surface area contributed by atoms with Gasteiger partial charge < -0.3 is 42.6 Å². The maximum absolute atomic E-state index is 12.9. The van der Waals surface area contributed by atoms with Gasteiger partial charge in [-0.1, -0.05) is 18.2 Å². The summed E-state index contributed by atoms with van der Waals surface area (Å²) in [5.74, 6) is -6.33. The number of hydrogen-bond donors (Lipinski definition) is 8. The first-order chi connectivity index (χ1) is 17.4. The molecule has 14 heteroatoms. The summed E-state index contributed by atoms with van der Waals surface area (Å²) in [4.78, 5) is 74.7. The molecule has 4 unspecified atom stereocenters. The molecule has 37 heavy (non-hydrogen) atoms. The van der Waals surface area contributed by atoms with Crippen LogP contribution in [0.25, 0.3) is 10.9 Å². The van der Waals surface area contributed by atoms with Crippen molar-refractivity contribution >= 4 is 46.5 Å². The van der Waals surface area contributed by atoms with Crippen LogP contribution in [0.2, 0.25) is 0 Å². The highest BCUT2D eigenvalue weighted by molar-refractivity contribution is 5.96. The van der Waals surface area contributed by atoms with Crippen molar-refractivity contribution in [3.8, 4) is 0 Å². The van der Waals surface area contributed by atoms with Gasteiger partial charge in [-0.05, 0) is 31.4 Å². The Morgan fingerprint density at radius 2 is 1.57 bits per heavy atom. The van der Waals surface area contributed by atoms with Crippen LogP contribution in [0.5, 0.6) is 0 Å². The molecule has 0 saturated carbocycles. The number of benzene rings is 1. The number of aliphatic carboxylic acids is 2. The molecule has 2 rings (SSSR count). The molecular formula is C23H30N6O8. The van der Waals surface area contributed by atoms with E-state index in [0.717, 1.165) is 23.4 Å². The molecule has 14 nitrogen and oxygen atoms in total. The summed E-state index contributed by atoms with van der Waals surface area (Å²) in [5.41, 5.74) is 12.8. The zero-order valence-electron chi connectivity index (χ0n) is 20.0. The minimum Gasteiger partial charge on any atom is -0.481 e. The fraction of sp³-hybridized carbons (Fsp3) is 0.391. The fourth-order valence-electron chi connectivity index (χ4n) is 3.50. The third-order valence-electron chi connectivity index (χ3n) is 5.50. The fourth-order valence-corrected chi connectivity index (χ4v) is 3.50. The molecule has 0 fully saturated rings. The lowest BCUT2D eigenvalue weighted by atomic mass is 10.0. The lowest BCUT2D eigenvalue weighted by Crippen LogP contribution is -2.57. The first-order valence-corrected chi connectivity index (χ1v) is 11.3. The van der Waals surface area contributed by atoms with Gasteiger partial charge in [0, 0.05) is 23.5 Å². The van der Waals surface area contributed by atoms with E-state index in [1.54, 1.807) is 6.20 Å². The van der Waals surface area contributed by atoms with Gasteiger partial charge in [0.25, 0.3) is 0 Å². The molecule has 1 aromatic carbocycles. The van der Waals surface area contributed by atoms with Crippen LogP contribution in [0.4, 0.5) is 0 Å². The number of hydrogen-bond acceptors (Lipinski definition) is 7. The van der Waals surface area contributed by atoms with Gasteiger partial charge in [0.2, 0.25) is 23.6 Å². The second kappa shape index (κ2) is 13.0. The van der Waals surface area contributed by atoms with E-state index in [9.17, 15) is 28.8 Å². The first kappa shape index (κ1) is 28.8. The van der Waals surface area contributed by atoms with Gasteiger partial charge in [-0.25, -0.2) is 0 Å². The van der Waals surface area contributed by atoms with Crippen LogP contribution in [0.15, 0.2) is 30.5 Å². The van der Waals surface area contributed by atoms with Gasteiger partial charge in [0.05, 0.1) is 12.5 Å². The van der Waals surface area contributed by atoms with Crippen LogP contribution in [0.3, 0.4) is 0 Å². The molecule has 1 heterocycles. The number of rotatable bonds is 14. The SMILES string of the molecule is CC(NC(=O)C(CC(=O)O)NC(=O)C(CCC(N)=O)NC(=O)C(N)Cc1c[nH]c2ccccc12)C(=O)O. The van der Waals surface area contributed by atoms with Crippen molar-refractivity contribution in [2.75, 3.05) is 0 Å². The Morgan fingerprint density at radius 1 is 0.946 bits per heavy atom. The lowest BCUT2D eigenvalue weighted by molar-refractivity contribution is -0.143. The van der Waals surface area contributed by atoms with E-state index < -0.39 is 66.2 Å². The lowest BCUT2D eigenvalue weighted by Gasteiger charge is -2.24. The highest BCUT2D eigenvalue weighted by Gasteiger charge is 2.31. The molecule has 4 atom stereocenters. The topological polar surface area (TPSA) is 247 Å². The van der Waals surface area contributed by atoms with Crippen LogP contribution in [0, 0.1) is 0 Å². The molecule has 200 valence electrons. The third-order valence-corrected chi connectivity index (χ3v) is 5.50. The summed E-state index contributed by atoms with van der Waals surface area (Å²) in [7, 11) is 0. The maximum atomic E-state index is 12.9. The minimum absolute atomic E-state index is 0.122. The summed E-state index contributed by atoms with van der Waals surface area (Å²) in [5, 5.41) is 25.6. The Kier molecular flexibility index (Phi) is 10.1. The first-order valence-electron chi connectivity index (χ1n) is 11.3. The van der Waals surface area contributed by atoms with E-state index >= 15 is 0 Å². The number of primary amides is 1. The molecule has 0 spiro atoms. The summed E-state index contributed by atoms with van der Waals surface area (Å²) in [6.45, 7) is 1.16. The third kappa shape index (κ3) is 8.61. The number of carbonyl (C=O) groups is 6. The molecule has 10 N–H and O–H groups in total. The summed E-state index contributed by atoms with van der Waals surface area (Å²) < 4.78 is 0. The molecule has 0 aliphatic carbocycles. The van der Waals surface area contributed by atoms with Crippen molar-refractivity contribution in [2.45, 2.75) is 56.8 Å². The van der Waals surface area contributed by atoms with Crippen LogP contribution in [-0.4, -0.2) is 74.9 Å². The van der Waals surface area contributed by atoms with Gasteiger partial charge in [-0.15, -0.1) is 0 Å². The number of amides is 4. The number of carboxylic acid groups (broad SMARTS) is 2. The normalized spacial score (nSPS) is 14.1. The Hall–Kier alpha value is -4.46. The number of fused-ring (bicyclic) bond motifs is 1. The Balaban J connectivity index is 2.14. The molecular weight excluding hydrogens is 488 g/mol. The quantitative estimate of drug-likeness (QED) is 0.142. The van der Waals surface area contributed by atoms with Crippen LogP contribution in [0.1, 0.15) is 31.7 Å². The standard InChI is InChI=1S/C23H30N6O8/c1-11(23(36)37)27-22(35)17(9-19(31)32)29-21(34)16(6-7-18(25)30)28-20(33)14(24)8-12-10-26-15-5-3-2-4-13(12)15/h2-5,10-11,14,16-17,26H,6-9,24H2,1H3,(H2,25,30)(H,27,35)(H,28,33)(H,29,34)(H,31,32)(H,36,37). The van der Waals surface area contributed by atoms with Gasteiger partial charge in [-0.2, -0.15) is 0 Å². The molecule has 0 bridgehead atoms. The smallest absolute Gasteiger partial charge is 0.325 e. The number of nitrogens with one attached hydrogen (secondary N) is 4. The van der Waals surface area contributed by atoms with Crippen molar-refractivity contribution in [1.82, 2.24) is 20.9 Å². The predicted octanol–water partition coefficient (Wildman–Crippen LogP) is -1.66. The predicted molar refractivity (Wildman–Crippen MR) is 130 cm³/mol. The van der Waals surface area contributed by atoms with Crippen molar-refractivity contribution in [3.05, 3.63) is 36.0 Å². The van der Waals surface area contributed by atoms with Crippen LogP contribution in [-0.2, 0) is 35.2 Å². The average Bonchev–Trinajstić information content (AvgIpc) is 3.23. The number of para-hydroxylation sites is 1. The summed E-state index contributed by atoms with van der Waals surface area (Å²) in [6, 6.07) is 1.91. The number of carbonyl (C=O) groups excluding carboxylic acids is 4. The van der Waals surface area contributed by atoms with Gasteiger partial charge in [0.1, 0.15) is 18.1 Å². The number of aromatic amines is 1. The second-order valence-electron chi connectivity index (χ2n) is 8.46. The van der Waals surface area contributed by atoms with Gasteiger partial charge in [-0.3, -0.25) is 28.8 Å². The van der Waals surface area contributed by atoms with Crippen molar-refractivity contribution in [2.24, 2.45) is 11.5 Å². The average molecular weight is 519 g/mol. The maximum Gasteiger partial charge on any atom is 0.325 e. The molecule has 0 saturated heterocycles. The van der Waals surface area contributed by atoms with Gasteiger partial charge >= 0.3 is 11.9 Å². The Labute approximate surface area is 211 Å². The molecule has 1 aromatic heterocycles. The number of H-pyrrole nitrogens is 1. The molecule has 0 aliphatic heterocycles. The highest BCUT2D eigenvalue weighted by Crippen LogP contribution is 2.18. The molecule has 0 aliphatic rings. The van der Waals surface area contributed by atoms with Crippen molar-refractivity contribution < 1.29 is 39.0 Å². The van der Waals surface area contributed by atoms with E-state index in [0.29, 0.717) is 0 Å². The number of aromatic nitrogens is 1. The van der Waals surface area contributed by atoms with E-state index in [1.807, 2.05) is 24.3 Å². The van der Waals surface area contributed by atoms with E-state index in [4.69, 9.17) is 21.7 Å². The van der Waals surface area contributed by atoms with E-state index in [1.165, 1.54) is 0 Å². The zero-order chi connectivity index (χ0) is 27.7. The van der Waals surface area contributed by atoms with E-state index in [-0.39, 0.29) is 19.3 Å². The van der Waals surface area contributed by atoms with Crippen LogP contribution < -0.4 is 27.4 Å². The molecule has 4 amide bonds. The largest absolute Gasteiger partial charge is 0.481 e. The highest BCUT2D eigenvalue weighted by atomic mass is 16.4. The second-order valence-corrected chi connectivity index (χ2v) is 8.46. The number of carboxylic acids is 2. The van der Waals surface area contributed by atoms with Gasteiger partial charge in [0.15, 0.2) is 0 Å².